The van der Waals surface area contributed by atoms with Gasteiger partial charge in [0.1, 0.15) is 5.82 Å². The quantitative estimate of drug-likeness (QED) is 0.759. The lowest BCUT2D eigenvalue weighted by atomic mass is 10.2. The first-order chi connectivity index (χ1) is 7.27. The van der Waals surface area contributed by atoms with Crippen molar-refractivity contribution < 1.29 is 0 Å². The predicted octanol–water partition coefficient (Wildman–Crippen LogP) is 1.95. The number of nitrogens with two attached hydrogens (primary N) is 1. The van der Waals surface area contributed by atoms with Crippen molar-refractivity contribution in [3.05, 3.63) is 24.0 Å². The summed E-state index contributed by atoms with van der Waals surface area (Å²) in [5.41, 5.74) is 6.84. The Morgan fingerprint density at radius 3 is 3.07 bits per heavy atom. The van der Waals surface area contributed by atoms with Gasteiger partial charge in [-0.25, -0.2) is 4.98 Å². The highest BCUT2D eigenvalue weighted by Crippen LogP contribution is 2.21. The van der Waals surface area contributed by atoms with Crippen LogP contribution in [-0.2, 0) is 0 Å². The van der Waals surface area contributed by atoms with Crippen LogP contribution in [0.15, 0.2) is 24.0 Å². The van der Waals surface area contributed by atoms with Crippen molar-refractivity contribution >= 4 is 11.8 Å². The van der Waals surface area contributed by atoms with Crippen molar-refractivity contribution in [2.24, 2.45) is 0 Å². The van der Waals surface area contributed by atoms with Gasteiger partial charge < -0.3 is 10.6 Å². The lowest BCUT2D eigenvalue weighted by molar-refractivity contribution is 0.754. The molecule has 1 aliphatic rings. The number of nitrogens with zero attached hydrogens (tertiary/aromatic N) is 3. The van der Waals surface area contributed by atoms with Gasteiger partial charge >= 0.3 is 0 Å². The van der Waals surface area contributed by atoms with Gasteiger partial charge in [-0.15, -0.1) is 0 Å². The van der Waals surface area contributed by atoms with Crippen molar-refractivity contribution in [2.75, 3.05) is 17.2 Å². The van der Waals surface area contributed by atoms with Crippen molar-refractivity contribution in [3.63, 3.8) is 0 Å². The molecule has 0 atom stereocenters. The molecule has 0 amide bonds. The maximum Gasteiger partial charge on any atom is 0.221 e. The van der Waals surface area contributed by atoms with Gasteiger partial charge in [-0.3, -0.25) is 0 Å². The van der Waals surface area contributed by atoms with Gasteiger partial charge in [-0.05, 0) is 32.3 Å². The molecular weight excluding hydrogens is 188 g/mol. The van der Waals surface area contributed by atoms with E-state index in [0.29, 0.717) is 5.95 Å². The van der Waals surface area contributed by atoms with Crippen LogP contribution >= 0.6 is 0 Å². The van der Waals surface area contributed by atoms with E-state index in [1.807, 2.05) is 6.07 Å². The molecule has 0 aromatic carbocycles. The molecule has 4 heteroatoms. The third-order valence-corrected chi connectivity index (χ3v) is 2.64. The van der Waals surface area contributed by atoms with Crippen LogP contribution in [0, 0.1) is 0 Å². The maximum atomic E-state index is 5.58. The van der Waals surface area contributed by atoms with E-state index in [4.69, 9.17) is 5.73 Å². The Bertz CT molecular complexity index is 373. The zero-order valence-corrected chi connectivity index (χ0v) is 8.98. The first-order valence-electron chi connectivity index (χ1n) is 5.30. The van der Waals surface area contributed by atoms with Crippen LogP contribution in [0.2, 0.25) is 0 Å². The summed E-state index contributed by atoms with van der Waals surface area (Å²) in [7, 11) is 0. The van der Waals surface area contributed by atoms with Gasteiger partial charge in [-0.2, -0.15) is 4.98 Å². The molecule has 2 heterocycles. The largest absolute Gasteiger partial charge is 0.368 e. The smallest absolute Gasteiger partial charge is 0.221 e. The minimum atomic E-state index is 0.338. The SMILES string of the molecule is CC1=CCCCCN1c1ccnc(N)n1. The van der Waals surface area contributed by atoms with Crippen molar-refractivity contribution in [1.82, 2.24) is 9.97 Å². The van der Waals surface area contributed by atoms with Gasteiger partial charge in [0.05, 0.1) is 0 Å². The molecule has 1 aromatic rings. The molecule has 2 N–H and O–H groups in total. The lowest BCUT2D eigenvalue weighted by Gasteiger charge is -2.22. The predicted molar refractivity (Wildman–Crippen MR) is 61.4 cm³/mol. The summed E-state index contributed by atoms with van der Waals surface area (Å²) in [6, 6.07) is 1.90. The van der Waals surface area contributed by atoms with E-state index < -0.39 is 0 Å². The van der Waals surface area contributed by atoms with Gasteiger partial charge in [0.2, 0.25) is 5.95 Å². The van der Waals surface area contributed by atoms with Crippen LogP contribution in [0.1, 0.15) is 26.2 Å². The number of nitrogen functional groups attached to an aromatic ring is 1. The molecule has 15 heavy (non-hydrogen) atoms. The fourth-order valence-corrected chi connectivity index (χ4v) is 1.82. The van der Waals surface area contributed by atoms with Crippen LogP contribution in [0.5, 0.6) is 0 Å². The van der Waals surface area contributed by atoms with E-state index in [9.17, 15) is 0 Å². The molecule has 0 aliphatic carbocycles. The van der Waals surface area contributed by atoms with Gasteiger partial charge in [0.15, 0.2) is 0 Å². The van der Waals surface area contributed by atoms with Gasteiger partial charge in [0.25, 0.3) is 0 Å². The molecule has 0 fully saturated rings. The summed E-state index contributed by atoms with van der Waals surface area (Å²) in [6.07, 6.45) is 7.55. The monoisotopic (exact) mass is 204 g/mol. The summed E-state index contributed by atoms with van der Waals surface area (Å²) in [5, 5.41) is 0. The number of hydrogen-bond acceptors (Lipinski definition) is 4. The van der Waals surface area contributed by atoms with E-state index >= 15 is 0 Å². The normalized spacial score (nSPS) is 17.1. The fourth-order valence-electron chi connectivity index (χ4n) is 1.82. The Balaban J connectivity index is 2.28. The Labute approximate surface area is 89.8 Å². The summed E-state index contributed by atoms with van der Waals surface area (Å²) in [5.74, 6) is 1.24. The molecular formula is C11H16N4. The molecule has 0 saturated carbocycles. The van der Waals surface area contributed by atoms with E-state index in [0.717, 1.165) is 18.8 Å². The van der Waals surface area contributed by atoms with Gasteiger partial charge in [-0.1, -0.05) is 6.08 Å². The summed E-state index contributed by atoms with van der Waals surface area (Å²) in [6.45, 7) is 3.13. The minimum Gasteiger partial charge on any atom is -0.368 e. The zero-order chi connectivity index (χ0) is 10.7. The number of aromatic nitrogens is 2. The van der Waals surface area contributed by atoms with E-state index in [1.165, 1.54) is 18.5 Å². The average Bonchev–Trinajstić information content (AvgIpc) is 2.43. The molecule has 80 valence electrons. The first-order valence-corrected chi connectivity index (χ1v) is 5.30. The molecule has 2 rings (SSSR count). The third-order valence-electron chi connectivity index (χ3n) is 2.64. The summed E-state index contributed by atoms with van der Waals surface area (Å²) < 4.78 is 0. The van der Waals surface area contributed by atoms with Crippen molar-refractivity contribution in [2.45, 2.75) is 26.2 Å². The molecule has 0 spiro atoms. The Kier molecular flexibility index (Phi) is 2.85. The third kappa shape index (κ3) is 2.26. The number of allylic oxidation sites excluding steroid dienone is 2. The molecule has 0 bridgehead atoms. The average molecular weight is 204 g/mol. The highest BCUT2D eigenvalue weighted by Gasteiger charge is 2.12. The molecule has 1 aromatic heterocycles. The van der Waals surface area contributed by atoms with E-state index in [-0.39, 0.29) is 0 Å². The highest BCUT2D eigenvalue weighted by molar-refractivity contribution is 5.47. The standard InChI is InChI=1S/C11H16N4/c1-9-5-3-2-4-8-15(9)10-6-7-13-11(12)14-10/h5-7H,2-4,8H2,1H3,(H2,12,13,14). The number of hydrogen-bond donors (Lipinski definition) is 1. The molecule has 4 nitrogen and oxygen atoms in total. The summed E-state index contributed by atoms with van der Waals surface area (Å²) in [4.78, 5) is 10.3. The van der Waals surface area contributed by atoms with E-state index in [2.05, 4.69) is 27.9 Å². The van der Waals surface area contributed by atoms with Crippen molar-refractivity contribution in [3.8, 4) is 0 Å². The topological polar surface area (TPSA) is 55.0 Å². The maximum absolute atomic E-state index is 5.58. The fraction of sp³-hybridized carbons (Fsp3) is 0.455. The van der Waals surface area contributed by atoms with Crippen molar-refractivity contribution in [1.29, 1.82) is 0 Å². The van der Waals surface area contributed by atoms with Crippen LogP contribution in [0.25, 0.3) is 0 Å². The molecule has 0 radical (unpaired) electrons. The van der Waals surface area contributed by atoms with Crippen LogP contribution in [0.3, 0.4) is 0 Å². The van der Waals surface area contributed by atoms with Crippen LogP contribution in [-0.4, -0.2) is 16.5 Å². The second-order valence-electron chi connectivity index (χ2n) is 3.77. The second kappa shape index (κ2) is 4.29. The number of anilines is 2. The first kappa shape index (κ1) is 9.96. The minimum absolute atomic E-state index is 0.338. The van der Waals surface area contributed by atoms with Crippen LogP contribution in [0.4, 0.5) is 11.8 Å². The van der Waals surface area contributed by atoms with Gasteiger partial charge in [0, 0.05) is 18.4 Å². The molecule has 1 aliphatic heterocycles. The zero-order valence-electron chi connectivity index (χ0n) is 8.98. The Morgan fingerprint density at radius 1 is 1.40 bits per heavy atom. The Morgan fingerprint density at radius 2 is 2.27 bits per heavy atom. The lowest BCUT2D eigenvalue weighted by Crippen LogP contribution is -2.22. The molecule has 0 unspecified atom stereocenters. The van der Waals surface area contributed by atoms with Crippen LogP contribution < -0.4 is 10.6 Å². The number of rotatable bonds is 1. The highest BCUT2D eigenvalue weighted by atomic mass is 15.2. The van der Waals surface area contributed by atoms with E-state index in [1.54, 1.807) is 6.20 Å². The summed E-state index contributed by atoms with van der Waals surface area (Å²) >= 11 is 0. The molecule has 0 saturated heterocycles. The second-order valence-corrected chi connectivity index (χ2v) is 3.77. The Hall–Kier alpha value is -1.58.